The normalized spacial score (nSPS) is 22.6. The molecule has 7 heteroatoms. The van der Waals surface area contributed by atoms with Crippen LogP contribution in [-0.4, -0.2) is 60.3 Å². The number of ether oxygens (including phenoxy) is 1. The number of pyridine rings is 1. The molecule has 1 amide bonds. The molecule has 0 aliphatic carbocycles. The van der Waals surface area contributed by atoms with Gasteiger partial charge in [0.05, 0.1) is 17.4 Å². The topological polar surface area (TPSA) is 71.7 Å². The second-order valence-electron chi connectivity index (χ2n) is 7.45. The Bertz CT molecular complexity index is 800. The zero-order valence-corrected chi connectivity index (χ0v) is 15.9. The number of anilines is 1. The van der Waals surface area contributed by atoms with Crippen LogP contribution in [0.1, 0.15) is 34.7 Å². The summed E-state index contributed by atoms with van der Waals surface area (Å²) in [6.45, 7) is 5.08. The van der Waals surface area contributed by atoms with Gasteiger partial charge in [-0.3, -0.25) is 4.79 Å². The van der Waals surface area contributed by atoms with E-state index in [0.29, 0.717) is 12.1 Å². The minimum Gasteiger partial charge on any atom is -0.379 e. The number of nitrogens with zero attached hydrogens (tertiary/aromatic N) is 4. The summed E-state index contributed by atoms with van der Waals surface area (Å²) in [5.74, 6) is 1.97. The summed E-state index contributed by atoms with van der Waals surface area (Å²) in [5, 5.41) is 3.98. The molecule has 0 unspecified atom stereocenters. The van der Waals surface area contributed by atoms with Crippen LogP contribution in [0.5, 0.6) is 0 Å². The number of aryl methyl sites for hydroxylation is 1. The maximum Gasteiger partial charge on any atom is 0.257 e. The Hall–Kier alpha value is -2.41. The largest absolute Gasteiger partial charge is 0.379 e. The molecule has 0 spiro atoms. The van der Waals surface area contributed by atoms with Crippen LogP contribution in [0, 0.1) is 12.8 Å². The molecule has 2 fully saturated rings. The molecule has 2 atom stereocenters. The highest BCUT2D eigenvalue weighted by molar-refractivity contribution is 5.99. The number of likely N-dealkylation sites (tertiary alicyclic amines) is 1. The molecule has 2 aliphatic heterocycles. The molecule has 2 aromatic heterocycles. The number of carbonyl (C=O) groups is 1. The Morgan fingerprint density at radius 1 is 1.33 bits per heavy atom. The molecular formula is C20H26N4O3. The molecule has 27 heavy (non-hydrogen) atoms. The fraction of sp³-hybridized carbons (Fsp3) is 0.550. The van der Waals surface area contributed by atoms with Gasteiger partial charge >= 0.3 is 0 Å². The number of hydrogen-bond donors (Lipinski definition) is 0. The van der Waals surface area contributed by atoms with Crippen LogP contribution in [0.15, 0.2) is 28.9 Å². The average molecular weight is 370 g/mol. The van der Waals surface area contributed by atoms with Crippen LogP contribution >= 0.6 is 0 Å². The maximum absolute atomic E-state index is 13.0. The van der Waals surface area contributed by atoms with E-state index in [-0.39, 0.29) is 17.9 Å². The first-order valence-electron chi connectivity index (χ1n) is 9.60. The predicted octanol–water partition coefficient (Wildman–Crippen LogP) is 2.31. The van der Waals surface area contributed by atoms with Gasteiger partial charge in [0.1, 0.15) is 11.6 Å². The molecule has 7 nitrogen and oxygen atoms in total. The summed E-state index contributed by atoms with van der Waals surface area (Å²) in [5.41, 5.74) is 1.57. The molecule has 4 rings (SSSR count). The minimum atomic E-state index is 0.0622. The van der Waals surface area contributed by atoms with Crippen LogP contribution in [0.25, 0.3) is 0 Å². The summed E-state index contributed by atoms with van der Waals surface area (Å²) in [4.78, 5) is 21.6. The fourth-order valence-corrected chi connectivity index (χ4v) is 4.15. The zero-order chi connectivity index (χ0) is 18.8. The summed E-state index contributed by atoms with van der Waals surface area (Å²) in [6, 6.07) is 5.70. The van der Waals surface area contributed by atoms with Crippen molar-refractivity contribution < 1.29 is 14.1 Å². The molecule has 0 radical (unpaired) electrons. The summed E-state index contributed by atoms with van der Waals surface area (Å²) < 4.78 is 11.1. The summed E-state index contributed by atoms with van der Waals surface area (Å²) in [7, 11) is 1.74. The van der Waals surface area contributed by atoms with Crippen LogP contribution in [-0.2, 0) is 11.2 Å². The van der Waals surface area contributed by atoms with Gasteiger partial charge in [-0.25, -0.2) is 4.98 Å². The standard InChI is InChI=1S/C20H26N4O3/c1-14-10-16(27-22-14)11-15-12-24(13-18(15)26-2)19-17(6-5-7-21-19)20(25)23-8-3-4-9-23/h5-7,10,15,18H,3-4,8-9,11-13H2,1-2H3/t15-,18+/m1/s1. The first kappa shape index (κ1) is 18.0. The molecule has 4 heterocycles. The van der Waals surface area contributed by atoms with Crippen LogP contribution < -0.4 is 4.90 Å². The fourth-order valence-electron chi connectivity index (χ4n) is 4.15. The molecule has 144 valence electrons. The van der Waals surface area contributed by atoms with Gasteiger partial charge in [0.2, 0.25) is 0 Å². The van der Waals surface area contributed by atoms with Crippen LogP contribution in [0.2, 0.25) is 0 Å². The van der Waals surface area contributed by atoms with E-state index in [1.54, 1.807) is 13.3 Å². The van der Waals surface area contributed by atoms with Gasteiger partial charge in [0.15, 0.2) is 0 Å². The van der Waals surface area contributed by atoms with E-state index in [9.17, 15) is 4.79 Å². The monoisotopic (exact) mass is 370 g/mol. The van der Waals surface area contributed by atoms with Crippen LogP contribution in [0.4, 0.5) is 5.82 Å². The van der Waals surface area contributed by atoms with Gasteiger partial charge in [-0.05, 0) is 31.9 Å². The van der Waals surface area contributed by atoms with Gasteiger partial charge in [0.25, 0.3) is 5.91 Å². The first-order valence-corrected chi connectivity index (χ1v) is 9.60. The lowest BCUT2D eigenvalue weighted by Crippen LogP contribution is -2.31. The Morgan fingerprint density at radius 3 is 2.85 bits per heavy atom. The van der Waals surface area contributed by atoms with Gasteiger partial charge in [-0.2, -0.15) is 0 Å². The molecular weight excluding hydrogens is 344 g/mol. The van der Waals surface area contributed by atoms with Crippen molar-refractivity contribution in [2.24, 2.45) is 5.92 Å². The zero-order valence-electron chi connectivity index (χ0n) is 15.9. The Balaban J connectivity index is 1.54. The molecule has 0 aromatic carbocycles. The van der Waals surface area contributed by atoms with E-state index >= 15 is 0 Å². The number of methoxy groups -OCH3 is 1. The number of carbonyl (C=O) groups excluding carboxylic acids is 1. The quantitative estimate of drug-likeness (QED) is 0.804. The minimum absolute atomic E-state index is 0.0622. The number of hydrogen-bond acceptors (Lipinski definition) is 6. The van der Waals surface area contributed by atoms with Crippen molar-refractivity contribution >= 4 is 11.7 Å². The van der Waals surface area contributed by atoms with Crippen molar-refractivity contribution in [3.63, 3.8) is 0 Å². The second kappa shape index (κ2) is 7.68. The van der Waals surface area contributed by atoms with E-state index in [0.717, 1.165) is 56.2 Å². The highest BCUT2D eigenvalue weighted by Crippen LogP contribution is 2.30. The Kier molecular flexibility index (Phi) is 5.11. The molecule has 0 bridgehead atoms. The van der Waals surface area contributed by atoms with E-state index in [4.69, 9.17) is 9.26 Å². The van der Waals surface area contributed by atoms with Crippen molar-refractivity contribution in [2.75, 3.05) is 38.2 Å². The Morgan fingerprint density at radius 2 is 2.15 bits per heavy atom. The molecule has 2 aromatic rings. The molecule has 0 saturated carbocycles. The summed E-state index contributed by atoms with van der Waals surface area (Å²) in [6.07, 6.45) is 4.74. The lowest BCUT2D eigenvalue weighted by Gasteiger charge is -2.22. The smallest absolute Gasteiger partial charge is 0.257 e. The molecule has 0 N–H and O–H groups in total. The lowest BCUT2D eigenvalue weighted by atomic mass is 10.0. The van der Waals surface area contributed by atoms with E-state index in [2.05, 4.69) is 15.0 Å². The van der Waals surface area contributed by atoms with Crippen molar-refractivity contribution in [1.29, 1.82) is 0 Å². The highest BCUT2D eigenvalue weighted by Gasteiger charge is 2.36. The van der Waals surface area contributed by atoms with E-state index in [1.807, 2.05) is 30.0 Å². The average Bonchev–Trinajstić information content (AvgIpc) is 3.43. The van der Waals surface area contributed by atoms with Crippen molar-refractivity contribution in [1.82, 2.24) is 15.0 Å². The number of aromatic nitrogens is 2. The van der Waals surface area contributed by atoms with Crippen molar-refractivity contribution in [2.45, 2.75) is 32.3 Å². The molecule has 2 saturated heterocycles. The van der Waals surface area contributed by atoms with Gasteiger partial charge in [-0.15, -0.1) is 0 Å². The van der Waals surface area contributed by atoms with Gasteiger partial charge in [-0.1, -0.05) is 5.16 Å². The Labute approximate surface area is 159 Å². The highest BCUT2D eigenvalue weighted by atomic mass is 16.5. The van der Waals surface area contributed by atoms with Gasteiger partial charge in [0, 0.05) is 57.9 Å². The SMILES string of the molecule is CO[C@H]1CN(c2ncccc2C(=O)N2CCCC2)C[C@H]1Cc1cc(C)no1. The first-order chi connectivity index (χ1) is 13.2. The third kappa shape index (κ3) is 3.69. The molecule has 2 aliphatic rings. The van der Waals surface area contributed by atoms with Crippen molar-refractivity contribution in [3.05, 3.63) is 41.4 Å². The third-order valence-electron chi connectivity index (χ3n) is 5.53. The number of amides is 1. The van der Waals surface area contributed by atoms with E-state index in [1.165, 1.54) is 0 Å². The number of rotatable bonds is 5. The van der Waals surface area contributed by atoms with Crippen LogP contribution in [0.3, 0.4) is 0 Å². The second-order valence-corrected chi connectivity index (χ2v) is 7.45. The third-order valence-corrected chi connectivity index (χ3v) is 5.53. The van der Waals surface area contributed by atoms with Crippen molar-refractivity contribution in [3.8, 4) is 0 Å². The van der Waals surface area contributed by atoms with Gasteiger partial charge < -0.3 is 19.1 Å². The maximum atomic E-state index is 13.0. The lowest BCUT2D eigenvalue weighted by molar-refractivity contribution is 0.0791. The summed E-state index contributed by atoms with van der Waals surface area (Å²) >= 11 is 0. The predicted molar refractivity (Wildman–Crippen MR) is 101 cm³/mol. The van der Waals surface area contributed by atoms with E-state index < -0.39 is 0 Å².